The lowest BCUT2D eigenvalue weighted by atomic mass is 9.93. The van der Waals surface area contributed by atoms with E-state index < -0.39 is 33.7 Å². The van der Waals surface area contributed by atoms with E-state index in [1.807, 2.05) is 0 Å². The molecule has 2 heterocycles. The fourth-order valence-corrected chi connectivity index (χ4v) is 6.09. The minimum Gasteiger partial charge on any atom is -0.489 e. The molecule has 1 unspecified atom stereocenters. The fourth-order valence-electron chi connectivity index (χ4n) is 3.99. The van der Waals surface area contributed by atoms with Gasteiger partial charge < -0.3 is 20.5 Å². The molecule has 2 atom stereocenters. The van der Waals surface area contributed by atoms with Gasteiger partial charge in [0, 0.05) is 18.0 Å². The van der Waals surface area contributed by atoms with Gasteiger partial charge in [0.25, 0.3) is 0 Å². The highest BCUT2D eigenvalue weighted by Gasteiger charge is 2.41. The molecule has 188 valence electrons. The maximum atomic E-state index is 14.5. The lowest BCUT2D eigenvalue weighted by Crippen LogP contribution is -2.51. The number of nitrogens with zero attached hydrogens (tertiary/aromatic N) is 1. The summed E-state index contributed by atoms with van der Waals surface area (Å²) < 4.78 is 73.4. The third kappa shape index (κ3) is 6.22. The predicted molar refractivity (Wildman–Crippen MR) is 121 cm³/mol. The Balaban J connectivity index is 1.86. The Kier molecular flexibility index (Phi) is 7.49. The number of ether oxygens (including phenoxy) is 2. The number of sulfone groups is 1. The van der Waals surface area contributed by atoms with Gasteiger partial charge in [0.15, 0.2) is 15.6 Å². The monoisotopic (exact) mass is 503 g/mol. The number of nitrogens with two attached hydrogens (primary N) is 1. The molecule has 1 aromatic carbocycles. The maximum Gasteiger partial charge on any atom is 0.387 e. The van der Waals surface area contributed by atoms with Gasteiger partial charge in [0.2, 0.25) is 5.91 Å². The van der Waals surface area contributed by atoms with E-state index >= 15 is 0 Å². The molecule has 0 aliphatic carbocycles. The van der Waals surface area contributed by atoms with Gasteiger partial charge in [0.05, 0.1) is 34.4 Å². The molecule has 0 aromatic heterocycles. The molecule has 3 rings (SSSR count). The van der Waals surface area contributed by atoms with Crippen molar-refractivity contribution >= 4 is 27.2 Å². The van der Waals surface area contributed by atoms with E-state index in [9.17, 15) is 26.4 Å². The van der Waals surface area contributed by atoms with Crippen LogP contribution in [0, 0.1) is 11.7 Å². The first-order valence-electron chi connectivity index (χ1n) is 10.8. The van der Waals surface area contributed by atoms with Crippen LogP contribution in [0.25, 0.3) is 5.70 Å². The van der Waals surface area contributed by atoms with Crippen LogP contribution in [-0.2, 0) is 19.4 Å². The zero-order chi connectivity index (χ0) is 25.3. The number of carbonyl (C=O) groups is 1. The number of alkyl halides is 2. The Labute approximate surface area is 196 Å². The largest absolute Gasteiger partial charge is 0.489 e. The summed E-state index contributed by atoms with van der Waals surface area (Å²) in [4.78, 5) is 17.4. The van der Waals surface area contributed by atoms with E-state index in [2.05, 4.69) is 15.0 Å². The van der Waals surface area contributed by atoms with Gasteiger partial charge >= 0.3 is 6.61 Å². The van der Waals surface area contributed by atoms with Gasteiger partial charge in [-0.05, 0) is 45.4 Å². The second-order valence-electron chi connectivity index (χ2n) is 9.04. The molecule has 12 heteroatoms. The van der Waals surface area contributed by atoms with Crippen molar-refractivity contribution in [1.29, 1.82) is 0 Å². The number of benzene rings is 1. The van der Waals surface area contributed by atoms with Crippen LogP contribution in [-0.4, -0.2) is 56.3 Å². The van der Waals surface area contributed by atoms with Crippen LogP contribution >= 0.6 is 0 Å². The van der Waals surface area contributed by atoms with Crippen molar-refractivity contribution in [2.24, 2.45) is 16.6 Å². The standard InChI is InChI=1S/C22H28F3N3O5S/c1-12(2)27-17-8-13(20(29)28-22(3)6-7-34(30,31)11-22)10-32-19(17)18(26)15-9-14(33-21(24)25)4-5-16(15)23/h4-5,9,12-13,21H,6-8,10-11,26H2,1-3H3,(H,28,29)/t13?,22-/m0/s1. The molecule has 2 saturated heterocycles. The summed E-state index contributed by atoms with van der Waals surface area (Å²) >= 11 is 0. The SMILES string of the molecule is CC(C)N=C1CC(C(=O)N[C@@]2(C)CCS(=O)(=O)C2)COC1=C(N)c1cc(OC(F)F)ccc1F. The molecule has 2 aliphatic heterocycles. The van der Waals surface area contributed by atoms with Crippen LogP contribution in [0.1, 0.15) is 39.2 Å². The van der Waals surface area contributed by atoms with Crippen LogP contribution in [0.15, 0.2) is 29.0 Å². The van der Waals surface area contributed by atoms with Crippen molar-refractivity contribution in [2.75, 3.05) is 18.1 Å². The van der Waals surface area contributed by atoms with Crippen molar-refractivity contribution in [1.82, 2.24) is 5.32 Å². The van der Waals surface area contributed by atoms with Crippen molar-refractivity contribution in [3.63, 3.8) is 0 Å². The summed E-state index contributed by atoms with van der Waals surface area (Å²) in [5, 5.41) is 2.82. The summed E-state index contributed by atoms with van der Waals surface area (Å²) in [6, 6.07) is 2.84. The molecule has 34 heavy (non-hydrogen) atoms. The van der Waals surface area contributed by atoms with Crippen molar-refractivity contribution in [2.45, 2.75) is 51.8 Å². The van der Waals surface area contributed by atoms with Crippen LogP contribution in [0.2, 0.25) is 0 Å². The number of allylic oxidation sites excluding steroid dienone is 1. The molecule has 0 radical (unpaired) electrons. The van der Waals surface area contributed by atoms with E-state index in [1.54, 1.807) is 20.8 Å². The van der Waals surface area contributed by atoms with E-state index in [-0.39, 0.29) is 59.3 Å². The van der Waals surface area contributed by atoms with Gasteiger partial charge in [-0.3, -0.25) is 9.79 Å². The number of hydrogen-bond acceptors (Lipinski definition) is 7. The smallest absolute Gasteiger partial charge is 0.387 e. The number of halogens is 3. The average Bonchev–Trinajstić information content (AvgIpc) is 3.00. The summed E-state index contributed by atoms with van der Waals surface area (Å²) in [6.07, 6.45) is 0.438. The Morgan fingerprint density at radius 1 is 1.35 bits per heavy atom. The normalized spacial score (nSPS) is 27.1. The minimum absolute atomic E-state index is 0.00826. The van der Waals surface area contributed by atoms with E-state index in [4.69, 9.17) is 10.5 Å². The van der Waals surface area contributed by atoms with Gasteiger partial charge in [-0.2, -0.15) is 8.78 Å². The third-order valence-electron chi connectivity index (χ3n) is 5.54. The Morgan fingerprint density at radius 2 is 2.06 bits per heavy atom. The van der Waals surface area contributed by atoms with E-state index in [1.165, 1.54) is 0 Å². The molecule has 1 aromatic rings. The highest BCUT2D eigenvalue weighted by Crippen LogP contribution is 2.30. The molecule has 0 bridgehead atoms. The lowest BCUT2D eigenvalue weighted by molar-refractivity contribution is -0.128. The Bertz CT molecular complexity index is 1120. The van der Waals surface area contributed by atoms with E-state index in [0.717, 1.165) is 18.2 Å². The van der Waals surface area contributed by atoms with Crippen LogP contribution in [0.4, 0.5) is 13.2 Å². The first kappa shape index (κ1) is 25.9. The Hall–Kier alpha value is -2.76. The molecule has 8 nitrogen and oxygen atoms in total. The van der Waals surface area contributed by atoms with Crippen LogP contribution in [0.3, 0.4) is 0 Å². The maximum absolute atomic E-state index is 14.5. The second kappa shape index (κ2) is 9.85. The summed E-state index contributed by atoms with van der Waals surface area (Å²) in [6.45, 7) is 2.09. The minimum atomic E-state index is -3.21. The van der Waals surface area contributed by atoms with Crippen LogP contribution < -0.4 is 15.8 Å². The second-order valence-corrected chi connectivity index (χ2v) is 11.2. The highest BCUT2D eigenvalue weighted by molar-refractivity contribution is 7.91. The number of nitrogens with one attached hydrogen (secondary N) is 1. The zero-order valence-corrected chi connectivity index (χ0v) is 19.9. The topological polar surface area (TPSA) is 120 Å². The first-order valence-corrected chi connectivity index (χ1v) is 12.6. The molecule has 2 fully saturated rings. The van der Waals surface area contributed by atoms with Crippen LogP contribution in [0.5, 0.6) is 5.75 Å². The molecule has 0 spiro atoms. The van der Waals surface area contributed by atoms with Gasteiger partial charge in [-0.1, -0.05) is 0 Å². The summed E-state index contributed by atoms with van der Waals surface area (Å²) in [5.41, 5.74) is 5.26. The molecule has 3 N–H and O–H groups in total. The van der Waals surface area contributed by atoms with Crippen molar-refractivity contribution < 1.29 is 35.9 Å². The van der Waals surface area contributed by atoms with Crippen molar-refractivity contribution in [3.8, 4) is 5.75 Å². The number of carbonyl (C=O) groups excluding carboxylic acids is 1. The zero-order valence-electron chi connectivity index (χ0n) is 19.1. The number of hydrogen-bond donors (Lipinski definition) is 2. The molecule has 0 saturated carbocycles. The third-order valence-corrected chi connectivity index (χ3v) is 7.44. The number of rotatable bonds is 6. The molecular formula is C22H28F3N3O5S. The lowest BCUT2D eigenvalue weighted by Gasteiger charge is -2.31. The molecule has 2 aliphatic rings. The molecular weight excluding hydrogens is 475 g/mol. The quantitative estimate of drug-likeness (QED) is 0.616. The number of amides is 1. The molecule has 1 amide bonds. The van der Waals surface area contributed by atoms with Gasteiger partial charge in [-0.25, -0.2) is 12.8 Å². The fraction of sp³-hybridized carbons (Fsp3) is 0.545. The van der Waals surface area contributed by atoms with Crippen molar-refractivity contribution in [3.05, 3.63) is 35.3 Å². The van der Waals surface area contributed by atoms with E-state index in [0.29, 0.717) is 12.1 Å². The van der Waals surface area contributed by atoms with Gasteiger partial charge in [-0.15, -0.1) is 0 Å². The van der Waals surface area contributed by atoms with Gasteiger partial charge in [0.1, 0.15) is 18.2 Å². The first-order chi connectivity index (χ1) is 15.8. The predicted octanol–water partition coefficient (Wildman–Crippen LogP) is 2.63. The summed E-state index contributed by atoms with van der Waals surface area (Å²) in [7, 11) is -3.21. The highest BCUT2D eigenvalue weighted by atomic mass is 32.2. The summed E-state index contributed by atoms with van der Waals surface area (Å²) in [5.74, 6) is -2.17. The average molecular weight is 504 g/mol. The Morgan fingerprint density at radius 3 is 2.65 bits per heavy atom. The number of aliphatic imine (C=N–C) groups is 1.